The summed E-state index contributed by atoms with van der Waals surface area (Å²) in [5, 5.41) is 2.79. The highest BCUT2D eigenvalue weighted by molar-refractivity contribution is 7.55. The molecule has 0 heterocycles. The number of alkyl carbamates (subject to hydrolysis) is 1. The minimum Gasteiger partial charge on any atom is -0.445 e. The van der Waals surface area contributed by atoms with Gasteiger partial charge in [0.2, 0.25) is 0 Å². The smallest absolute Gasteiger partial charge is 0.445 e. The van der Waals surface area contributed by atoms with Gasteiger partial charge in [0.15, 0.2) is 5.78 Å². The summed E-state index contributed by atoms with van der Waals surface area (Å²) >= 11 is 0. The number of amides is 1. The third kappa shape index (κ3) is 7.63. The number of aryl methyl sites for hydroxylation is 4. The molecule has 0 saturated carbocycles. The van der Waals surface area contributed by atoms with Gasteiger partial charge in [-0.15, -0.1) is 0 Å². The van der Waals surface area contributed by atoms with Crippen molar-refractivity contribution in [3.8, 4) is 11.5 Å². The molecule has 0 aromatic heterocycles. The zero-order valence-corrected chi connectivity index (χ0v) is 22.8. The lowest BCUT2D eigenvalue weighted by Gasteiger charge is -2.30. The normalized spacial score (nSPS) is 12.2. The molecule has 192 valence electrons. The number of ether oxygens (including phenoxy) is 1. The second-order valence-electron chi connectivity index (χ2n) is 9.61. The number of hydrogen-bond donors (Lipinski definition) is 1. The van der Waals surface area contributed by atoms with E-state index in [4.69, 9.17) is 13.8 Å². The van der Waals surface area contributed by atoms with E-state index in [0.29, 0.717) is 17.9 Å². The van der Waals surface area contributed by atoms with E-state index in [1.54, 1.807) is 0 Å². The second kappa shape index (κ2) is 12.1. The summed E-state index contributed by atoms with van der Waals surface area (Å²) in [6.45, 7) is 11.7. The molecule has 0 aliphatic rings. The van der Waals surface area contributed by atoms with E-state index in [9.17, 15) is 9.36 Å². The predicted octanol–water partition coefficient (Wildman–Crippen LogP) is 7.87. The molecule has 0 radical (unpaired) electrons. The lowest BCUT2D eigenvalue weighted by Crippen LogP contribution is -2.38. The molecule has 1 unspecified atom stereocenters. The van der Waals surface area contributed by atoms with Gasteiger partial charge in [-0.1, -0.05) is 68.4 Å². The summed E-state index contributed by atoms with van der Waals surface area (Å²) in [7, 11) is -3.98. The monoisotopic (exact) mass is 509 g/mol. The highest BCUT2D eigenvalue weighted by Crippen LogP contribution is 2.55. The molecule has 0 fully saturated rings. The third-order valence-corrected chi connectivity index (χ3v) is 7.72. The third-order valence-electron chi connectivity index (χ3n) is 5.71. The first-order valence-corrected chi connectivity index (χ1v) is 13.8. The maximum atomic E-state index is 14.6. The standard InChI is InChI=1S/C29H36NO5P/c1-20(2)16-28(30-29(31)33-19-25-10-8-7-9-11-25)36(32,34-26-17-21(3)12-14-23(26)5)35-27-18-22(4)13-15-24(27)6/h7-15,17-18,20,28H,16,19H2,1-6H3,(H,30,31). The number of benzene rings is 3. The van der Waals surface area contributed by atoms with Crippen LogP contribution in [-0.4, -0.2) is 11.9 Å². The Balaban J connectivity index is 1.95. The van der Waals surface area contributed by atoms with Gasteiger partial charge in [-0.25, -0.2) is 9.36 Å². The predicted molar refractivity (Wildman–Crippen MR) is 144 cm³/mol. The van der Waals surface area contributed by atoms with E-state index in [1.807, 2.05) is 108 Å². The van der Waals surface area contributed by atoms with Gasteiger partial charge in [0.25, 0.3) is 0 Å². The van der Waals surface area contributed by atoms with E-state index in [2.05, 4.69) is 5.32 Å². The fraction of sp³-hybridized carbons (Fsp3) is 0.345. The van der Waals surface area contributed by atoms with Crippen LogP contribution in [0.3, 0.4) is 0 Å². The van der Waals surface area contributed by atoms with Crippen LogP contribution >= 0.6 is 7.60 Å². The Morgan fingerprint density at radius 2 is 1.36 bits per heavy atom. The van der Waals surface area contributed by atoms with Gasteiger partial charge in [-0.05, 0) is 80.0 Å². The largest absolute Gasteiger partial charge is 0.453 e. The zero-order chi connectivity index (χ0) is 26.3. The molecule has 0 bridgehead atoms. The molecule has 0 aliphatic carbocycles. The Morgan fingerprint density at radius 3 is 1.86 bits per heavy atom. The first-order chi connectivity index (χ1) is 17.1. The van der Waals surface area contributed by atoms with Gasteiger partial charge in [0, 0.05) is 0 Å². The van der Waals surface area contributed by atoms with Crippen LogP contribution in [-0.2, 0) is 15.9 Å². The Bertz CT molecular complexity index is 1170. The quantitative estimate of drug-likeness (QED) is 0.282. The van der Waals surface area contributed by atoms with E-state index >= 15 is 0 Å². The molecular weight excluding hydrogens is 473 g/mol. The van der Waals surface area contributed by atoms with Gasteiger partial charge < -0.3 is 19.1 Å². The van der Waals surface area contributed by atoms with E-state index < -0.39 is 19.5 Å². The van der Waals surface area contributed by atoms with Crippen LogP contribution in [0.4, 0.5) is 4.79 Å². The molecule has 3 aromatic carbocycles. The number of carbonyl (C=O) groups excluding carboxylic acids is 1. The number of hydrogen-bond acceptors (Lipinski definition) is 5. The molecule has 0 spiro atoms. The van der Waals surface area contributed by atoms with Crippen LogP contribution < -0.4 is 14.4 Å². The minimum absolute atomic E-state index is 0.0983. The molecule has 0 aliphatic heterocycles. The van der Waals surface area contributed by atoms with E-state index in [1.165, 1.54) is 0 Å². The molecule has 1 atom stereocenters. The van der Waals surface area contributed by atoms with Gasteiger partial charge in [0.05, 0.1) is 0 Å². The molecule has 6 nitrogen and oxygen atoms in total. The molecule has 7 heteroatoms. The van der Waals surface area contributed by atoms with Crippen LogP contribution in [0.15, 0.2) is 66.7 Å². The number of rotatable bonds is 10. The van der Waals surface area contributed by atoms with Crippen molar-refractivity contribution in [2.75, 3.05) is 0 Å². The zero-order valence-electron chi connectivity index (χ0n) is 21.9. The Kier molecular flexibility index (Phi) is 9.22. The van der Waals surface area contributed by atoms with Crippen molar-refractivity contribution >= 4 is 13.7 Å². The molecule has 1 amide bonds. The molecule has 0 saturated heterocycles. The van der Waals surface area contributed by atoms with E-state index in [0.717, 1.165) is 27.8 Å². The summed E-state index contributed by atoms with van der Waals surface area (Å²) in [6.07, 6.45) is -0.313. The summed E-state index contributed by atoms with van der Waals surface area (Å²) in [5.41, 5.74) is 4.42. The lowest BCUT2D eigenvalue weighted by atomic mass is 10.1. The average molecular weight is 510 g/mol. The highest BCUT2D eigenvalue weighted by atomic mass is 31.2. The van der Waals surface area contributed by atoms with Crippen LogP contribution in [0.2, 0.25) is 0 Å². The molecule has 3 rings (SSSR count). The van der Waals surface area contributed by atoms with Crippen molar-refractivity contribution in [1.29, 1.82) is 0 Å². The van der Waals surface area contributed by atoms with Gasteiger partial charge in [-0.3, -0.25) is 0 Å². The lowest BCUT2D eigenvalue weighted by molar-refractivity contribution is 0.136. The molecular formula is C29H36NO5P. The van der Waals surface area contributed by atoms with Crippen molar-refractivity contribution in [3.05, 3.63) is 94.5 Å². The van der Waals surface area contributed by atoms with Crippen LogP contribution in [0.25, 0.3) is 0 Å². The maximum absolute atomic E-state index is 14.6. The number of nitrogens with one attached hydrogen (secondary N) is 1. The van der Waals surface area contributed by atoms with Crippen LogP contribution in [0, 0.1) is 33.6 Å². The summed E-state index contributed by atoms with van der Waals surface area (Å²) < 4.78 is 32.5. The van der Waals surface area contributed by atoms with Crippen molar-refractivity contribution in [1.82, 2.24) is 5.32 Å². The highest BCUT2D eigenvalue weighted by Gasteiger charge is 2.42. The summed E-state index contributed by atoms with van der Waals surface area (Å²) in [6, 6.07) is 20.8. The van der Waals surface area contributed by atoms with Crippen molar-refractivity contribution in [3.63, 3.8) is 0 Å². The van der Waals surface area contributed by atoms with Crippen molar-refractivity contribution in [2.45, 2.75) is 60.4 Å². The van der Waals surface area contributed by atoms with Crippen molar-refractivity contribution in [2.24, 2.45) is 5.92 Å². The SMILES string of the molecule is Cc1ccc(C)c(OP(=O)(Oc2cc(C)ccc2C)C(CC(C)C)NC(=O)OCc2ccccc2)c1. The second-order valence-corrected chi connectivity index (χ2v) is 11.7. The summed E-state index contributed by atoms with van der Waals surface area (Å²) in [4.78, 5) is 12.8. The first-order valence-electron chi connectivity index (χ1n) is 12.2. The first kappa shape index (κ1) is 27.3. The average Bonchev–Trinajstić information content (AvgIpc) is 2.82. The van der Waals surface area contributed by atoms with E-state index in [-0.39, 0.29) is 12.5 Å². The molecule has 3 aromatic rings. The molecule has 1 N–H and O–H groups in total. The fourth-order valence-corrected chi connectivity index (χ4v) is 5.82. The minimum atomic E-state index is -3.98. The Morgan fingerprint density at radius 1 is 0.833 bits per heavy atom. The topological polar surface area (TPSA) is 73.9 Å². The number of carbonyl (C=O) groups is 1. The van der Waals surface area contributed by atoms with Gasteiger partial charge in [0.1, 0.15) is 18.1 Å². The maximum Gasteiger partial charge on any atom is 0.453 e. The van der Waals surface area contributed by atoms with Crippen LogP contribution in [0.5, 0.6) is 11.5 Å². The molecule has 36 heavy (non-hydrogen) atoms. The Labute approximate surface area is 214 Å². The van der Waals surface area contributed by atoms with Crippen molar-refractivity contribution < 1.29 is 23.1 Å². The van der Waals surface area contributed by atoms with Gasteiger partial charge >= 0.3 is 13.7 Å². The van der Waals surface area contributed by atoms with Gasteiger partial charge in [-0.2, -0.15) is 0 Å². The summed E-state index contributed by atoms with van der Waals surface area (Å²) in [5.74, 6) is 0.0801. The fourth-order valence-electron chi connectivity index (χ4n) is 3.65. The van der Waals surface area contributed by atoms with Crippen LogP contribution in [0.1, 0.15) is 48.1 Å². The Hall–Kier alpha value is -3.24.